The van der Waals surface area contributed by atoms with E-state index in [0.717, 1.165) is 0 Å². The number of amides is 1. The lowest BCUT2D eigenvalue weighted by molar-refractivity contribution is -0.139. The van der Waals surface area contributed by atoms with E-state index in [1.165, 1.54) is 13.2 Å². The van der Waals surface area contributed by atoms with Crippen LogP contribution in [0.4, 0.5) is 0 Å². The van der Waals surface area contributed by atoms with Crippen molar-refractivity contribution in [3.8, 4) is 11.5 Å². The highest BCUT2D eigenvalue weighted by atomic mass is 16.5. The van der Waals surface area contributed by atoms with Crippen molar-refractivity contribution in [2.24, 2.45) is 0 Å². The molecule has 6 heteroatoms. The molecule has 23 heavy (non-hydrogen) atoms. The zero-order valence-electron chi connectivity index (χ0n) is 13.7. The predicted octanol–water partition coefficient (Wildman–Crippen LogP) is 2.63. The molecule has 0 aromatic heterocycles. The summed E-state index contributed by atoms with van der Waals surface area (Å²) in [7, 11) is 1.48. The van der Waals surface area contributed by atoms with Crippen LogP contribution in [0.15, 0.2) is 30.9 Å². The molecule has 0 aliphatic heterocycles. The van der Waals surface area contributed by atoms with Crippen molar-refractivity contribution in [1.82, 2.24) is 5.32 Å². The first-order valence-corrected chi connectivity index (χ1v) is 7.38. The zero-order valence-corrected chi connectivity index (χ0v) is 13.7. The topological polar surface area (TPSA) is 84.9 Å². The van der Waals surface area contributed by atoms with Crippen LogP contribution in [0.1, 0.15) is 37.0 Å². The standard InChI is InChI=1S/C17H23NO5/c1-5-6-7-13(17(20)21)18-16(19)12-8-9-14(23-11(2)3)15(10-12)22-4/h5,8-11,13H,1,6-7H2,2-4H3,(H,18,19)(H,20,21). The molecule has 1 unspecified atom stereocenters. The Morgan fingerprint density at radius 1 is 1.35 bits per heavy atom. The van der Waals surface area contributed by atoms with Crippen molar-refractivity contribution >= 4 is 11.9 Å². The molecule has 1 atom stereocenters. The van der Waals surface area contributed by atoms with Crippen LogP contribution in [0.25, 0.3) is 0 Å². The van der Waals surface area contributed by atoms with E-state index < -0.39 is 17.9 Å². The van der Waals surface area contributed by atoms with Gasteiger partial charge in [0.1, 0.15) is 6.04 Å². The van der Waals surface area contributed by atoms with E-state index in [-0.39, 0.29) is 12.5 Å². The van der Waals surface area contributed by atoms with E-state index in [2.05, 4.69) is 11.9 Å². The molecule has 126 valence electrons. The first-order chi connectivity index (χ1) is 10.9. The van der Waals surface area contributed by atoms with Gasteiger partial charge < -0.3 is 19.9 Å². The maximum absolute atomic E-state index is 12.2. The molecule has 0 aliphatic carbocycles. The SMILES string of the molecule is C=CCCC(NC(=O)c1ccc(OC(C)C)c(OC)c1)C(=O)O. The fourth-order valence-electron chi connectivity index (χ4n) is 1.94. The average Bonchev–Trinajstić information content (AvgIpc) is 2.50. The lowest BCUT2D eigenvalue weighted by Crippen LogP contribution is -2.40. The maximum atomic E-state index is 12.2. The Balaban J connectivity index is 2.90. The van der Waals surface area contributed by atoms with Gasteiger partial charge in [0.05, 0.1) is 13.2 Å². The van der Waals surface area contributed by atoms with E-state index >= 15 is 0 Å². The Morgan fingerprint density at radius 2 is 2.04 bits per heavy atom. The summed E-state index contributed by atoms with van der Waals surface area (Å²) in [5.41, 5.74) is 0.308. The number of carboxylic acid groups (broad SMARTS) is 1. The molecule has 0 fully saturated rings. The lowest BCUT2D eigenvalue weighted by Gasteiger charge is -2.16. The Hall–Kier alpha value is -2.50. The minimum absolute atomic E-state index is 0.0288. The number of methoxy groups -OCH3 is 1. The molecule has 0 aliphatic rings. The van der Waals surface area contributed by atoms with Crippen LogP contribution in [-0.2, 0) is 4.79 Å². The van der Waals surface area contributed by atoms with Gasteiger partial charge in [-0.25, -0.2) is 4.79 Å². The van der Waals surface area contributed by atoms with Crippen LogP contribution >= 0.6 is 0 Å². The molecular weight excluding hydrogens is 298 g/mol. The van der Waals surface area contributed by atoms with Crippen LogP contribution in [-0.4, -0.2) is 36.2 Å². The summed E-state index contributed by atoms with van der Waals surface area (Å²) < 4.78 is 10.8. The van der Waals surface area contributed by atoms with Gasteiger partial charge in [-0.1, -0.05) is 6.08 Å². The maximum Gasteiger partial charge on any atom is 0.326 e. The Bertz CT molecular complexity index is 568. The van der Waals surface area contributed by atoms with E-state index in [1.807, 2.05) is 13.8 Å². The minimum Gasteiger partial charge on any atom is -0.493 e. The van der Waals surface area contributed by atoms with Crippen molar-refractivity contribution < 1.29 is 24.2 Å². The molecule has 2 N–H and O–H groups in total. The van der Waals surface area contributed by atoms with Gasteiger partial charge in [0.15, 0.2) is 11.5 Å². The van der Waals surface area contributed by atoms with Crippen molar-refractivity contribution in [2.75, 3.05) is 7.11 Å². The molecule has 1 amide bonds. The second kappa shape index (κ2) is 8.82. The van der Waals surface area contributed by atoms with Crippen molar-refractivity contribution in [3.05, 3.63) is 36.4 Å². The second-order valence-electron chi connectivity index (χ2n) is 5.26. The van der Waals surface area contributed by atoms with Crippen molar-refractivity contribution in [3.63, 3.8) is 0 Å². The molecule has 0 bridgehead atoms. The molecule has 1 rings (SSSR count). The molecule has 0 saturated heterocycles. The summed E-state index contributed by atoms with van der Waals surface area (Å²) in [5.74, 6) is -0.604. The molecule has 6 nitrogen and oxygen atoms in total. The third kappa shape index (κ3) is 5.65. The van der Waals surface area contributed by atoms with Crippen LogP contribution in [0.5, 0.6) is 11.5 Å². The third-order valence-corrected chi connectivity index (χ3v) is 3.05. The minimum atomic E-state index is -1.08. The number of carbonyl (C=O) groups excluding carboxylic acids is 1. The number of nitrogens with one attached hydrogen (secondary N) is 1. The summed E-state index contributed by atoms with van der Waals surface area (Å²) in [5, 5.41) is 11.6. The quantitative estimate of drug-likeness (QED) is 0.683. The van der Waals surface area contributed by atoms with Crippen LogP contribution in [0, 0.1) is 0 Å². The molecule has 0 saturated carbocycles. The molecular formula is C17H23NO5. The van der Waals surface area contributed by atoms with Gasteiger partial charge in [0, 0.05) is 5.56 Å². The van der Waals surface area contributed by atoms with Gasteiger partial charge >= 0.3 is 5.97 Å². The molecule has 1 aromatic carbocycles. The number of benzene rings is 1. The highest BCUT2D eigenvalue weighted by molar-refractivity contribution is 5.97. The first-order valence-electron chi connectivity index (χ1n) is 7.38. The number of hydrogen-bond donors (Lipinski definition) is 2. The number of ether oxygens (including phenoxy) is 2. The monoisotopic (exact) mass is 321 g/mol. The van der Waals surface area contributed by atoms with Gasteiger partial charge in [-0.3, -0.25) is 4.79 Å². The van der Waals surface area contributed by atoms with E-state index in [9.17, 15) is 9.59 Å². The summed E-state index contributed by atoms with van der Waals surface area (Å²) in [4.78, 5) is 23.4. The number of hydrogen-bond acceptors (Lipinski definition) is 4. The summed E-state index contributed by atoms with van der Waals surface area (Å²) in [6.07, 6.45) is 2.38. The van der Waals surface area contributed by atoms with Gasteiger partial charge in [0.25, 0.3) is 5.91 Å². The molecule has 0 radical (unpaired) electrons. The van der Waals surface area contributed by atoms with E-state index in [0.29, 0.717) is 23.5 Å². The molecule has 0 heterocycles. The second-order valence-corrected chi connectivity index (χ2v) is 5.26. The Labute approximate surface area is 136 Å². The van der Waals surface area contributed by atoms with Crippen molar-refractivity contribution in [2.45, 2.75) is 38.8 Å². The number of carboxylic acids is 1. The van der Waals surface area contributed by atoms with Crippen molar-refractivity contribution in [1.29, 1.82) is 0 Å². The van der Waals surface area contributed by atoms with E-state index in [4.69, 9.17) is 14.6 Å². The molecule has 1 aromatic rings. The largest absolute Gasteiger partial charge is 0.493 e. The van der Waals surface area contributed by atoms with Gasteiger partial charge in [-0.15, -0.1) is 6.58 Å². The third-order valence-electron chi connectivity index (χ3n) is 3.05. The number of allylic oxidation sites excluding steroid dienone is 1. The summed E-state index contributed by atoms with van der Waals surface area (Å²) in [6, 6.07) is 3.77. The highest BCUT2D eigenvalue weighted by Gasteiger charge is 2.20. The van der Waals surface area contributed by atoms with E-state index in [1.54, 1.807) is 18.2 Å². The van der Waals surface area contributed by atoms with Crippen LogP contribution in [0.2, 0.25) is 0 Å². The number of carbonyl (C=O) groups is 2. The average molecular weight is 321 g/mol. The Kier molecular flexibility index (Phi) is 7.12. The summed E-state index contributed by atoms with van der Waals surface area (Å²) >= 11 is 0. The lowest BCUT2D eigenvalue weighted by atomic mass is 10.1. The number of aliphatic carboxylic acids is 1. The first kappa shape index (κ1) is 18.5. The fraction of sp³-hybridized carbons (Fsp3) is 0.412. The van der Waals surface area contributed by atoms with Crippen LogP contribution < -0.4 is 14.8 Å². The van der Waals surface area contributed by atoms with Gasteiger partial charge in [-0.2, -0.15) is 0 Å². The summed E-state index contributed by atoms with van der Waals surface area (Å²) in [6.45, 7) is 7.32. The Morgan fingerprint density at radius 3 is 2.57 bits per heavy atom. The van der Waals surface area contributed by atoms with Crippen LogP contribution in [0.3, 0.4) is 0 Å². The normalized spacial score (nSPS) is 11.7. The molecule has 0 spiro atoms. The fourth-order valence-corrected chi connectivity index (χ4v) is 1.94. The van der Waals surface area contributed by atoms with Gasteiger partial charge in [-0.05, 0) is 44.9 Å². The zero-order chi connectivity index (χ0) is 17.4. The number of rotatable bonds is 9. The smallest absolute Gasteiger partial charge is 0.326 e. The van der Waals surface area contributed by atoms with Gasteiger partial charge in [0.2, 0.25) is 0 Å². The predicted molar refractivity (Wildman–Crippen MR) is 87.1 cm³/mol. The highest BCUT2D eigenvalue weighted by Crippen LogP contribution is 2.29.